The molecule has 0 bridgehead atoms. The maximum absolute atomic E-state index is 6.26. The topological polar surface area (TPSA) is 43.8 Å². The molecule has 0 saturated heterocycles. The Bertz CT molecular complexity index is 567. The summed E-state index contributed by atoms with van der Waals surface area (Å²) in [5, 5.41) is 0.731. The standard InChI is InChI=1S/C14H16ClN3/c1-2-12-17-13(9-3-5-10(15)6-4-9)14(16)18(12)11-7-8-11/h3-6,11H,2,7-8,16H2,1H3. The van der Waals surface area contributed by atoms with Crippen LogP contribution in [0.2, 0.25) is 5.02 Å². The van der Waals surface area contributed by atoms with Gasteiger partial charge in [0, 0.05) is 23.0 Å². The molecular weight excluding hydrogens is 246 g/mol. The highest BCUT2D eigenvalue weighted by Gasteiger charge is 2.29. The van der Waals surface area contributed by atoms with Gasteiger partial charge in [0.05, 0.1) is 0 Å². The molecule has 0 unspecified atom stereocenters. The smallest absolute Gasteiger partial charge is 0.131 e. The van der Waals surface area contributed by atoms with E-state index in [1.807, 2.05) is 24.3 Å². The molecule has 0 amide bonds. The quantitative estimate of drug-likeness (QED) is 0.916. The zero-order valence-electron chi connectivity index (χ0n) is 10.4. The van der Waals surface area contributed by atoms with Gasteiger partial charge in [0.25, 0.3) is 0 Å². The molecule has 0 atom stereocenters. The fourth-order valence-corrected chi connectivity index (χ4v) is 2.43. The van der Waals surface area contributed by atoms with Crippen LogP contribution in [0.25, 0.3) is 11.3 Å². The summed E-state index contributed by atoms with van der Waals surface area (Å²) >= 11 is 5.91. The summed E-state index contributed by atoms with van der Waals surface area (Å²) in [6.07, 6.45) is 3.34. The van der Waals surface area contributed by atoms with E-state index in [-0.39, 0.29) is 0 Å². The number of rotatable bonds is 3. The summed E-state index contributed by atoms with van der Waals surface area (Å²) in [6.45, 7) is 2.12. The van der Waals surface area contributed by atoms with Crippen molar-refractivity contribution in [3.8, 4) is 11.3 Å². The normalized spacial score (nSPS) is 15.0. The third kappa shape index (κ3) is 1.89. The van der Waals surface area contributed by atoms with Crippen LogP contribution in [0.15, 0.2) is 24.3 Å². The summed E-state index contributed by atoms with van der Waals surface area (Å²) in [4.78, 5) is 4.68. The Hall–Kier alpha value is -1.48. The molecule has 3 nitrogen and oxygen atoms in total. The van der Waals surface area contributed by atoms with Crippen LogP contribution in [0, 0.1) is 0 Å². The molecule has 1 fully saturated rings. The van der Waals surface area contributed by atoms with Gasteiger partial charge in [0.1, 0.15) is 17.3 Å². The number of anilines is 1. The van der Waals surface area contributed by atoms with Gasteiger partial charge in [-0.05, 0) is 25.0 Å². The van der Waals surface area contributed by atoms with Crippen molar-refractivity contribution < 1.29 is 0 Å². The fraction of sp³-hybridized carbons (Fsp3) is 0.357. The van der Waals surface area contributed by atoms with Crippen LogP contribution in [0.1, 0.15) is 31.6 Å². The van der Waals surface area contributed by atoms with E-state index < -0.39 is 0 Å². The Balaban J connectivity index is 2.09. The molecule has 0 radical (unpaired) electrons. The van der Waals surface area contributed by atoms with Crippen LogP contribution in [-0.4, -0.2) is 9.55 Å². The molecular formula is C14H16ClN3. The molecule has 1 aliphatic rings. The van der Waals surface area contributed by atoms with Gasteiger partial charge in [-0.3, -0.25) is 0 Å². The van der Waals surface area contributed by atoms with Crippen LogP contribution in [-0.2, 0) is 6.42 Å². The van der Waals surface area contributed by atoms with Crippen LogP contribution in [0.5, 0.6) is 0 Å². The number of benzene rings is 1. The lowest BCUT2D eigenvalue weighted by atomic mass is 10.1. The summed E-state index contributed by atoms with van der Waals surface area (Å²) in [7, 11) is 0. The maximum atomic E-state index is 6.26. The molecule has 18 heavy (non-hydrogen) atoms. The first kappa shape index (κ1) is 11.6. The van der Waals surface area contributed by atoms with E-state index in [1.165, 1.54) is 12.8 Å². The highest BCUT2D eigenvalue weighted by Crippen LogP contribution is 2.41. The molecule has 1 aromatic heterocycles. The van der Waals surface area contributed by atoms with E-state index in [4.69, 9.17) is 17.3 Å². The minimum Gasteiger partial charge on any atom is -0.383 e. The minimum atomic E-state index is 0.563. The summed E-state index contributed by atoms with van der Waals surface area (Å²) in [5.74, 6) is 1.87. The van der Waals surface area contributed by atoms with Gasteiger partial charge in [-0.1, -0.05) is 30.7 Å². The number of nitrogens with two attached hydrogens (primary N) is 1. The molecule has 3 rings (SSSR count). The fourth-order valence-electron chi connectivity index (χ4n) is 2.30. The molecule has 1 saturated carbocycles. The summed E-state index contributed by atoms with van der Waals surface area (Å²) in [5.41, 5.74) is 8.18. The van der Waals surface area contributed by atoms with Gasteiger partial charge in [-0.15, -0.1) is 0 Å². The highest BCUT2D eigenvalue weighted by atomic mass is 35.5. The lowest BCUT2D eigenvalue weighted by Crippen LogP contribution is -2.04. The second-order valence-electron chi connectivity index (χ2n) is 4.72. The van der Waals surface area contributed by atoms with Crippen molar-refractivity contribution in [2.75, 3.05) is 5.73 Å². The molecule has 0 aliphatic heterocycles. The van der Waals surface area contributed by atoms with Crippen molar-refractivity contribution in [2.24, 2.45) is 0 Å². The lowest BCUT2D eigenvalue weighted by molar-refractivity contribution is 0.696. The van der Waals surface area contributed by atoms with Gasteiger partial charge in [-0.25, -0.2) is 4.98 Å². The van der Waals surface area contributed by atoms with Gasteiger partial charge in [0.2, 0.25) is 0 Å². The minimum absolute atomic E-state index is 0.563. The Morgan fingerprint density at radius 1 is 1.33 bits per heavy atom. The molecule has 1 heterocycles. The number of aryl methyl sites for hydroxylation is 1. The third-order valence-electron chi connectivity index (χ3n) is 3.37. The molecule has 0 spiro atoms. The average molecular weight is 262 g/mol. The monoisotopic (exact) mass is 261 g/mol. The molecule has 4 heteroatoms. The number of nitrogens with zero attached hydrogens (tertiary/aromatic N) is 2. The number of hydrogen-bond donors (Lipinski definition) is 1. The van der Waals surface area contributed by atoms with Crippen LogP contribution in [0.3, 0.4) is 0 Å². The van der Waals surface area contributed by atoms with Crippen molar-refractivity contribution in [3.05, 3.63) is 35.1 Å². The largest absolute Gasteiger partial charge is 0.383 e. The van der Waals surface area contributed by atoms with E-state index in [1.54, 1.807) is 0 Å². The van der Waals surface area contributed by atoms with E-state index in [0.717, 1.165) is 34.3 Å². The van der Waals surface area contributed by atoms with Gasteiger partial charge >= 0.3 is 0 Å². The number of imidazole rings is 1. The zero-order valence-corrected chi connectivity index (χ0v) is 11.1. The van der Waals surface area contributed by atoms with E-state index in [0.29, 0.717) is 6.04 Å². The van der Waals surface area contributed by atoms with Crippen molar-refractivity contribution in [3.63, 3.8) is 0 Å². The number of nitrogen functional groups attached to an aromatic ring is 1. The second kappa shape index (κ2) is 4.32. The Kier molecular flexibility index (Phi) is 2.78. The maximum Gasteiger partial charge on any atom is 0.131 e. The molecule has 1 aromatic carbocycles. The molecule has 94 valence electrons. The first-order valence-electron chi connectivity index (χ1n) is 6.33. The van der Waals surface area contributed by atoms with E-state index in [2.05, 4.69) is 16.5 Å². The Morgan fingerprint density at radius 2 is 2.00 bits per heavy atom. The Morgan fingerprint density at radius 3 is 2.56 bits per heavy atom. The zero-order chi connectivity index (χ0) is 12.7. The lowest BCUT2D eigenvalue weighted by Gasteiger charge is -2.06. The van der Waals surface area contributed by atoms with Gasteiger partial charge in [-0.2, -0.15) is 0 Å². The second-order valence-corrected chi connectivity index (χ2v) is 5.16. The van der Waals surface area contributed by atoms with Crippen LogP contribution < -0.4 is 5.73 Å². The van der Waals surface area contributed by atoms with Crippen molar-refractivity contribution in [1.82, 2.24) is 9.55 Å². The third-order valence-corrected chi connectivity index (χ3v) is 3.62. The van der Waals surface area contributed by atoms with E-state index in [9.17, 15) is 0 Å². The number of aromatic nitrogens is 2. The molecule has 2 N–H and O–H groups in total. The summed E-state index contributed by atoms with van der Waals surface area (Å²) in [6, 6.07) is 8.25. The van der Waals surface area contributed by atoms with Gasteiger partial charge < -0.3 is 10.3 Å². The molecule has 2 aromatic rings. The Labute approximate surface area is 112 Å². The predicted octanol–water partition coefficient (Wildman–Crippen LogP) is 3.68. The van der Waals surface area contributed by atoms with Gasteiger partial charge in [0.15, 0.2) is 0 Å². The number of hydrogen-bond acceptors (Lipinski definition) is 2. The first-order valence-corrected chi connectivity index (χ1v) is 6.71. The first-order chi connectivity index (χ1) is 8.70. The molecule has 1 aliphatic carbocycles. The van der Waals surface area contributed by atoms with Crippen molar-refractivity contribution >= 4 is 17.4 Å². The average Bonchev–Trinajstić information content (AvgIpc) is 3.15. The van der Waals surface area contributed by atoms with Crippen LogP contribution >= 0.6 is 11.6 Å². The number of halogens is 1. The van der Waals surface area contributed by atoms with Crippen molar-refractivity contribution in [1.29, 1.82) is 0 Å². The highest BCUT2D eigenvalue weighted by molar-refractivity contribution is 6.30. The SMILES string of the molecule is CCc1nc(-c2ccc(Cl)cc2)c(N)n1C1CC1. The summed E-state index contributed by atoms with van der Waals surface area (Å²) < 4.78 is 2.20. The van der Waals surface area contributed by atoms with Crippen LogP contribution in [0.4, 0.5) is 5.82 Å². The van der Waals surface area contributed by atoms with E-state index >= 15 is 0 Å². The predicted molar refractivity (Wildman–Crippen MR) is 74.7 cm³/mol. The van der Waals surface area contributed by atoms with Crippen molar-refractivity contribution in [2.45, 2.75) is 32.2 Å².